The Kier molecular flexibility index (Phi) is 6.23. The number of benzene rings is 1. The highest BCUT2D eigenvalue weighted by molar-refractivity contribution is 7.89. The molecular weight excluding hydrogens is 353 g/mol. The van der Waals surface area contributed by atoms with Crippen LogP contribution in [-0.4, -0.2) is 20.8 Å². The normalized spacial score (nSPS) is 19.6. The summed E-state index contributed by atoms with van der Waals surface area (Å²) in [7, 11) is -3.33. The van der Waals surface area contributed by atoms with Crippen LogP contribution in [-0.2, 0) is 15.6 Å². The predicted molar refractivity (Wildman–Crippen MR) is 101 cm³/mol. The predicted octanol–water partition coefficient (Wildman–Crippen LogP) is 4.49. The molecule has 2 saturated carbocycles. The fourth-order valence-electron chi connectivity index (χ4n) is 3.76. The van der Waals surface area contributed by atoms with Gasteiger partial charge in [-0.05, 0) is 55.7 Å². The van der Waals surface area contributed by atoms with Crippen LogP contribution in [0.4, 0.5) is 4.39 Å². The molecule has 0 heterocycles. The lowest BCUT2D eigenvalue weighted by molar-refractivity contribution is 0.241. The van der Waals surface area contributed by atoms with Gasteiger partial charge < -0.3 is 4.74 Å². The average Bonchev–Trinajstić information content (AvgIpc) is 3.17. The molecule has 0 amide bonds. The molecule has 0 aliphatic heterocycles. The molecule has 2 aliphatic carbocycles. The van der Waals surface area contributed by atoms with Crippen molar-refractivity contribution in [2.24, 2.45) is 5.92 Å². The molecule has 26 heavy (non-hydrogen) atoms. The minimum Gasteiger partial charge on any atom is -0.490 e. The van der Waals surface area contributed by atoms with Gasteiger partial charge in [-0.3, -0.25) is 0 Å². The van der Waals surface area contributed by atoms with Crippen LogP contribution in [0.3, 0.4) is 0 Å². The van der Waals surface area contributed by atoms with Crippen molar-refractivity contribution in [3.05, 3.63) is 29.6 Å². The Bertz CT molecular complexity index is 710. The molecule has 6 heteroatoms. The van der Waals surface area contributed by atoms with E-state index >= 15 is 0 Å². The van der Waals surface area contributed by atoms with Crippen molar-refractivity contribution in [2.75, 3.05) is 12.4 Å². The van der Waals surface area contributed by atoms with Gasteiger partial charge in [0.2, 0.25) is 10.0 Å². The van der Waals surface area contributed by atoms with Crippen molar-refractivity contribution in [3.63, 3.8) is 0 Å². The van der Waals surface area contributed by atoms with Crippen LogP contribution >= 0.6 is 0 Å². The van der Waals surface area contributed by atoms with Crippen LogP contribution in [0.15, 0.2) is 18.2 Å². The van der Waals surface area contributed by atoms with E-state index in [4.69, 9.17) is 4.74 Å². The average molecular weight is 384 g/mol. The molecule has 4 nitrogen and oxygen atoms in total. The Labute approximate surface area is 156 Å². The topological polar surface area (TPSA) is 55.4 Å². The lowest BCUT2D eigenvalue weighted by Gasteiger charge is -2.20. The summed E-state index contributed by atoms with van der Waals surface area (Å²) in [5.41, 5.74) is 0.226. The minimum atomic E-state index is -3.33. The Morgan fingerprint density at radius 1 is 1.23 bits per heavy atom. The molecule has 0 radical (unpaired) electrons. The fraction of sp³-hybridized carbons (Fsp3) is 0.700. The third-order valence-electron chi connectivity index (χ3n) is 5.55. The zero-order chi connectivity index (χ0) is 18.6. The largest absolute Gasteiger partial charge is 0.490 e. The van der Waals surface area contributed by atoms with Gasteiger partial charge >= 0.3 is 0 Å². The number of hydrogen-bond acceptors (Lipinski definition) is 3. The summed E-state index contributed by atoms with van der Waals surface area (Å²) >= 11 is 0. The molecule has 0 atom stereocenters. The van der Waals surface area contributed by atoms with Crippen molar-refractivity contribution in [3.8, 4) is 5.75 Å². The highest BCUT2D eigenvalue weighted by Gasteiger charge is 2.47. The van der Waals surface area contributed by atoms with Crippen molar-refractivity contribution in [1.82, 2.24) is 4.72 Å². The summed E-state index contributed by atoms with van der Waals surface area (Å²) in [6, 6.07) is 4.76. The maximum absolute atomic E-state index is 14.1. The second-order valence-electron chi connectivity index (χ2n) is 7.82. The van der Waals surface area contributed by atoms with Gasteiger partial charge in [-0.15, -0.1) is 0 Å². The zero-order valence-electron chi connectivity index (χ0n) is 15.6. The van der Waals surface area contributed by atoms with Gasteiger partial charge in [-0.2, -0.15) is 0 Å². The smallest absolute Gasteiger partial charge is 0.212 e. The molecule has 2 aliphatic rings. The first-order chi connectivity index (χ1) is 12.4. The summed E-state index contributed by atoms with van der Waals surface area (Å²) in [6.45, 7) is 2.59. The van der Waals surface area contributed by atoms with Crippen LogP contribution in [0.5, 0.6) is 5.75 Å². The van der Waals surface area contributed by atoms with Crippen LogP contribution in [0.25, 0.3) is 0 Å². The lowest BCUT2D eigenvalue weighted by atomic mass is 10.1. The van der Waals surface area contributed by atoms with E-state index < -0.39 is 15.6 Å². The quantitative estimate of drug-likeness (QED) is 0.606. The molecule has 146 valence electrons. The van der Waals surface area contributed by atoms with Gasteiger partial charge in [-0.25, -0.2) is 17.5 Å². The summed E-state index contributed by atoms with van der Waals surface area (Å²) < 4.78 is 47.5. The Balaban J connectivity index is 1.66. The lowest BCUT2D eigenvalue weighted by Crippen LogP contribution is -2.36. The van der Waals surface area contributed by atoms with E-state index in [0.29, 0.717) is 18.9 Å². The molecule has 1 aromatic carbocycles. The number of ether oxygens (including phenoxy) is 1. The van der Waals surface area contributed by atoms with Crippen molar-refractivity contribution in [2.45, 2.75) is 70.3 Å². The SMILES string of the molecule is CCCCCS(=O)(=O)NC1(c2ccc(F)c(OCC3CCCC3)c2)CC1. The molecule has 0 spiro atoms. The number of sulfonamides is 1. The Morgan fingerprint density at radius 2 is 1.96 bits per heavy atom. The van der Waals surface area contributed by atoms with Gasteiger partial charge in [0.05, 0.1) is 17.9 Å². The molecule has 0 saturated heterocycles. The molecule has 0 aromatic heterocycles. The van der Waals surface area contributed by atoms with Crippen LogP contribution in [0, 0.1) is 11.7 Å². The highest BCUT2D eigenvalue weighted by atomic mass is 32.2. The van der Waals surface area contributed by atoms with E-state index in [9.17, 15) is 12.8 Å². The van der Waals surface area contributed by atoms with E-state index in [0.717, 1.165) is 44.1 Å². The van der Waals surface area contributed by atoms with Gasteiger partial charge in [0.25, 0.3) is 0 Å². The number of nitrogens with one attached hydrogen (secondary N) is 1. The molecule has 3 rings (SSSR count). The summed E-state index contributed by atoms with van der Waals surface area (Å²) in [6.07, 6.45) is 8.77. The standard InChI is InChI=1S/C20H30FNO3S/c1-2-3-6-13-26(23,24)22-20(11-12-20)17-9-10-18(21)19(14-17)25-15-16-7-4-5-8-16/h9-10,14,16,22H,2-8,11-13,15H2,1H3. The minimum absolute atomic E-state index is 0.148. The second kappa shape index (κ2) is 8.26. The monoisotopic (exact) mass is 383 g/mol. The third kappa shape index (κ3) is 4.97. The van der Waals surface area contributed by atoms with Crippen LogP contribution < -0.4 is 9.46 Å². The molecule has 0 unspecified atom stereocenters. The molecule has 1 aromatic rings. The number of hydrogen-bond donors (Lipinski definition) is 1. The molecule has 1 N–H and O–H groups in total. The first kappa shape index (κ1) is 19.6. The molecule has 2 fully saturated rings. The Morgan fingerprint density at radius 3 is 2.62 bits per heavy atom. The fourth-order valence-corrected chi connectivity index (χ4v) is 5.37. The Hall–Kier alpha value is -1.14. The van der Waals surface area contributed by atoms with Gasteiger partial charge in [0, 0.05) is 0 Å². The highest BCUT2D eigenvalue weighted by Crippen LogP contribution is 2.47. The van der Waals surface area contributed by atoms with E-state index in [1.165, 1.54) is 18.9 Å². The van der Waals surface area contributed by atoms with Crippen LogP contribution in [0.1, 0.15) is 70.3 Å². The van der Waals surface area contributed by atoms with Gasteiger partial charge in [0.15, 0.2) is 11.6 Å². The zero-order valence-corrected chi connectivity index (χ0v) is 16.4. The molecular formula is C20H30FNO3S. The number of unbranched alkanes of at least 4 members (excludes halogenated alkanes) is 2. The maximum Gasteiger partial charge on any atom is 0.212 e. The maximum atomic E-state index is 14.1. The van der Waals surface area contributed by atoms with E-state index in [1.54, 1.807) is 12.1 Å². The summed E-state index contributed by atoms with van der Waals surface area (Å²) in [4.78, 5) is 0. The van der Waals surface area contributed by atoms with Crippen molar-refractivity contribution in [1.29, 1.82) is 0 Å². The number of rotatable bonds is 10. The van der Waals surface area contributed by atoms with Crippen molar-refractivity contribution >= 4 is 10.0 Å². The number of halogens is 1. The van der Waals surface area contributed by atoms with Crippen molar-refractivity contribution < 1.29 is 17.5 Å². The third-order valence-corrected chi connectivity index (χ3v) is 7.08. The first-order valence-electron chi connectivity index (χ1n) is 9.88. The van der Waals surface area contributed by atoms with Crippen LogP contribution in [0.2, 0.25) is 0 Å². The second-order valence-corrected chi connectivity index (χ2v) is 9.66. The van der Waals surface area contributed by atoms with E-state index in [1.807, 2.05) is 6.92 Å². The summed E-state index contributed by atoms with van der Waals surface area (Å²) in [5.74, 6) is 0.513. The summed E-state index contributed by atoms with van der Waals surface area (Å²) in [5, 5.41) is 0. The van der Waals surface area contributed by atoms with E-state index in [-0.39, 0.29) is 17.3 Å². The molecule has 0 bridgehead atoms. The van der Waals surface area contributed by atoms with Gasteiger partial charge in [-0.1, -0.05) is 38.7 Å². The van der Waals surface area contributed by atoms with Gasteiger partial charge in [0.1, 0.15) is 0 Å². The van der Waals surface area contributed by atoms with E-state index in [2.05, 4.69) is 4.72 Å². The first-order valence-corrected chi connectivity index (χ1v) is 11.5.